The number of hydrogen-bond donors (Lipinski definition) is 0. The zero-order valence-corrected chi connectivity index (χ0v) is 24.0. The van der Waals surface area contributed by atoms with E-state index < -0.39 is 16.9 Å². The minimum absolute atomic E-state index is 0.000137. The molecule has 0 fully saturated rings. The van der Waals surface area contributed by atoms with Gasteiger partial charge in [-0.05, 0) is 50.6 Å². The van der Waals surface area contributed by atoms with Gasteiger partial charge in [-0.25, -0.2) is 9.79 Å². The first-order chi connectivity index (χ1) is 19.6. The predicted molar refractivity (Wildman–Crippen MR) is 157 cm³/mol. The van der Waals surface area contributed by atoms with Crippen LogP contribution in [-0.2, 0) is 9.53 Å². The first-order valence-corrected chi connectivity index (χ1v) is 13.7. The molecule has 0 aliphatic carbocycles. The summed E-state index contributed by atoms with van der Waals surface area (Å²) < 4.78 is 13.2. The van der Waals surface area contributed by atoms with Crippen molar-refractivity contribution in [2.24, 2.45) is 4.99 Å². The topological polar surface area (TPSA) is 120 Å². The van der Waals surface area contributed by atoms with Gasteiger partial charge in [0.1, 0.15) is 11.5 Å². The third-order valence-electron chi connectivity index (χ3n) is 6.83. The van der Waals surface area contributed by atoms with E-state index in [2.05, 4.69) is 4.99 Å². The van der Waals surface area contributed by atoms with Crippen LogP contribution in [0.25, 0.3) is 17.4 Å². The van der Waals surface area contributed by atoms with Crippen LogP contribution in [0.1, 0.15) is 36.8 Å². The number of nitro groups is 1. The number of ether oxygens (including phenoxy) is 1. The van der Waals surface area contributed by atoms with Crippen molar-refractivity contribution in [3.05, 3.63) is 113 Å². The van der Waals surface area contributed by atoms with Gasteiger partial charge in [0.2, 0.25) is 0 Å². The minimum Gasteiger partial charge on any atom is -0.463 e. The van der Waals surface area contributed by atoms with Crippen molar-refractivity contribution in [3.8, 4) is 11.3 Å². The second-order valence-electron chi connectivity index (χ2n) is 9.75. The second kappa shape index (κ2) is 11.0. The van der Waals surface area contributed by atoms with Crippen LogP contribution in [-0.4, -0.2) is 36.2 Å². The van der Waals surface area contributed by atoms with Crippen molar-refractivity contribution in [2.75, 3.05) is 25.6 Å². The number of aromatic nitrogens is 1. The highest BCUT2D eigenvalue weighted by Gasteiger charge is 2.33. The molecule has 5 rings (SSSR count). The number of thiazole rings is 1. The molecule has 0 saturated carbocycles. The number of hydrogen-bond acceptors (Lipinski definition) is 9. The summed E-state index contributed by atoms with van der Waals surface area (Å²) in [5.74, 6) is 0.320. The molecule has 1 aliphatic rings. The number of nitrogens with zero attached hydrogens (tertiary/aromatic N) is 4. The van der Waals surface area contributed by atoms with Crippen LogP contribution in [0.5, 0.6) is 0 Å². The molecule has 0 radical (unpaired) electrons. The molecule has 11 heteroatoms. The highest BCUT2D eigenvalue weighted by atomic mass is 32.1. The van der Waals surface area contributed by atoms with Gasteiger partial charge in [0.15, 0.2) is 4.80 Å². The van der Waals surface area contributed by atoms with Gasteiger partial charge in [-0.3, -0.25) is 19.5 Å². The lowest BCUT2D eigenvalue weighted by Crippen LogP contribution is -2.39. The maximum Gasteiger partial charge on any atom is 0.338 e. The summed E-state index contributed by atoms with van der Waals surface area (Å²) in [6, 6.07) is 15.2. The highest BCUT2D eigenvalue weighted by Crippen LogP contribution is 2.32. The average Bonchev–Trinajstić information content (AvgIpc) is 3.52. The Kier molecular flexibility index (Phi) is 7.46. The van der Waals surface area contributed by atoms with Crippen molar-refractivity contribution in [3.63, 3.8) is 0 Å². The Hall–Kier alpha value is -4.77. The Bertz CT molecular complexity index is 1880. The fraction of sp³-hybridized carbons (Fsp3) is 0.233. The normalized spacial score (nSPS) is 15.0. The molecule has 1 aliphatic heterocycles. The summed E-state index contributed by atoms with van der Waals surface area (Å²) in [4.78, 5) is 44.9. The molecular formula is C30H28N4O6S. The zero-order chi connectivity index (χ0) is 29.4. The van der Waals surface area contributed by atoms with E-state index in [0.717, 1.165) is 11.3 Å². The molecule has 0 N–H and O–H groups in total. The van der Waals surface area contributed by atoms with Gasteiger partial charge in [0.05, 0.1) is 33.4 Å². The molecule has 0 saturated heterocycles. The number of benzene rings is 2. The number of esters is 1. The number of aryl methyl sites for hydroxylation is 1. The fourth-order valence-electron chi connectivity index (χ4n) is 4.74. The number of allylic oxidation sites excluding steroid dienone is 1. The Morgan fingerprint density at radius 3 is 2.56 bits per heavy atom. The lowest BCUT2D eigenvalue weighted by Gasteiger charge is -2.25. The van der Waals surface area contributed by atoms with Crippen LogP contribution >= 0.6 is 11.3 Å². The Balaban J connectivity index is 1.61. The lowest BCUT2D eigenvalue weighted by molar-refractivity contribution is -0.385. The van der Waals surface area contributed by atoms with Crippen LogP contribution < -0.4 is 19.8 Å². The largest absolute Gasteiger partial charge is 0.463 e. The Morgan fingerprint density at radius 2 is 1.90 bits per heavy atom. The van der Waals surface area contributed by atoms with Gasteiger partial charge in [-0.1, -0.05) is 35.6 Å². The van der Waals surface area contributed by atoms with Gasteiger partial charge in [-0.2, -0.15) is 0 Å². The van der Waals surface area contributed by atoms with Crippen molar-refractivity contribution in [2.45, 2.75) is 26.8 Å². The SMILES string of the molecule is CCOC(=O)C1=C(C)N=c2s/c(=C/c3ccc(-c4ccc(C)c([N+](=O)[O-])c4)o3)c(=O)n2C1c1ccc(N(C)C)cc1. The van der Waals surface area contributed by atoms with Crippen molar-refractivity contribution >= 4 is 34.8 Å². The second-order valence-corrected chi connectivity index (χ2v) is 10.8. The van der Waals surface area contributed by atoms with Crippen molar-refractivity contribution in [1.29, 1.82) is 0 Å². The quantitative estimate of drug-likeness (QED) is 0.184. The van der Waals surface area contributed by atoms with E-state index in [4.69, 9.17) is 9.15 Å². The maximum absolute atomic E-state index is 13.8. The van der Waals surface area contributed by atoms with Crippen LogP contribution in [0.4, 0.5) is 11.4 Å². The van der Waals surface area contributed by atoms with E-state index in [9.17, 15) is 19.7 Å². The first-order valence-electron chi connectivity index (χ1n) is 12.9. The third kappa shape index (κ3) is 5.23. The fourth-order valence-corrected chi connectivity index (χ4v) is 5.76. The van der Waals surface area contributed by atoms with Gasteiger partial charge in [0, 0.05) is 43.1 Å². The van der Waals surface area contributed by atoms with Gasteiger partial charge in [0.25, 0.3) is 11.2 Å². The summed E-state index contributed by atoms with van der Waals surface area (Å²) in [5, 5.41) is 11.4. The number of rotatable bonds is 7. The van der Waals surface area contributed by atoms with E-state index in [1.54, 1.807) is 51.1 Å². The molecule has 1 unspecified atom stereocenters. The van der Waals surface area contributed by atoms with Crippen LogP contribution in [0.15, 0.2) is 80.1 Å². The first kappa shape index (κ1) is 27.8. The molecule has 4 aromatic rings. The van der Waals surface area contributed by atoms with E-state index in [-0.39, 0.29) is 17.9 Å². The van der Waals surface area contributed by atoms with Crippen LogP contribution in [0, 0.1) is 17.0 Å². The third-order valence-corrected chi connectivity index (χ3v) is 7.82. The number of carbonyl (C=O) groups is 1. The molecular weight excluding hydrogens is 544 g/mol. The summed E-state index contributed by atoms with van der Waals surface area (Å²) in [7, 11) is 3.87. The van der Waals surface area contributed by atoms with E-state index in [1.165, 1.54) is 22.0 Å². The summed E-state index contributed by atoms with van der Waals surface area (Å²) in [5.41, 5.74) is 3.31. The van der Waals surface area contributed by atoms with E-state index in [0.29, 0.717) is 43.3 Å². The molecule has 0 bridgehead atoms. The Labute approximate surface area is 239 Å². The number of fused-ring (bicyclic) bond motifs is 1. The summed E-state index contributed by atoms with van der Waals surface area (Å²) in [6.07, 6.45) is 1.62. The van der Waals surface area contributed by atoms with Crippen LogP contribution in [0.2, 0.25) is 0 Å². The zero-order valence-electron chi connectivity index (χ0n) is 23.2. The maximum atomic E-state index is 13.8. The van der Waals surface area contributed by atoms with Crippen molar-refractivity contribution < 1.29 is 18.9 Å². The molecule has 2 aromatic carbocycles. The standard InChI is InChI=1S/C30H28N4O6S/c1-6-39-29(36)26-18(3)31-30-33(27(26)19-9-11-21(12-10-19)32(4)5)28(35)25(41-30)16-22-13-14-24(40-22)20-8-7-17(2)23(15-20)34(37)38/h7-16,27H,6H2,1-5H3/b25-16+. The molecule has 210 valence electrons. The van der Waals surface area contributed by atoms with E-state index >= 15 is 0 Å². The predicted octanol–water partition coefficient (Wildman–Crippen LogP) is 4.34. The number of carbonyl (C=O) groups excluding carboxylic acids is 1. The highest BCUT2D eigenvalue weighted by molar-refractivity contribution is 7.07. The lowest BCUT2D eigenvalue weighted by atomic mass is 9.95. The van der Waals surface area contributed by atoms with E-state index in [1.807, 2.05) is 43.3 Å². The van der Waals surface area contributed by atoms with Gasteiger partial charge < -0.3 is 14.1 Å². The molecule has 2 aromatic heterocycles. The van der Waals surface area contributed by atoms with Crippen LogP contribution in [0.3, 0.4) is 0 Å². The molecule has 0 amide bonds. The number of furan rings is 1. The Morgan fingerprint density at radius 1 is 1.17 bits per heavy atom. The molecule has 3 heterocycles. The number of nitro benzene ring substituents is 1. The van der Waals surface area contributed by atoms with Crippen molar-refractivity contribution in [1.82, 2.24) is 4.57 Å². The molecule has 10 nitrogen and oxygen atoms in total. The van der Waals surface area contributed by atoms with Gasteiger partial charge >= 0.3 is 5.97 Å². The smallest absolute Gasteiger partial charge is 0.338 e. The molecule has 41 heavy (non-hydrogen) atoms. The molecule has 0 spiro atoms. The number of anilines is 1. The monoisotopic (exact) mass is 572 g/mol. The minimum atomic E-state index is -0.719. The summed E-state index contributed by atoms with van der Waals surface area (Å²) in [6.45, 7) is 5.34. The average molecular weight is 573 g/mol. The molecule has 1 atom stereocenters. The van der Waals surface area contributed by atoms with Gasteiger partial charge in [-0.15, -0.1) is 0 Å². The summed E-state index contributed by atoms with van der Waals surface area (Å²) >= 11 is 1.19.